The number of phenolic OH excluding ortho intramolecular Hbond substituents is 1. The van der Waals surface area contributed by atoms with Gasteiger partial charge in [-0.15, -0.1) is 10.2 Å². The first-order valence-electron chi connectivity index (χ1n) is 10.3. The molecular formula is C21H24FN7O. The van der Waals surface area contributed by atoms with E-state index in [1.165, 1.54) is 0 Å². The molecule has 1 aromatic carbocycles. The van der Waals surface area contributed by atoms with Gasteiger partial charge in [0.1, 0.15) is 11.9 Å². The lowest BCUT2D eigenvalue weighted by molar-refractivity contribution is 0.107. The van der Waals surface area contributed by atoms with Gasteiger partial charge in [-0.2, -0.15) is 0 Å². The molecule has 2 aromatic heterocycles. The van der Waals surface area contributed by atoms with E-state index in [9.17, 15) is 5.11 Å². The van der Waals surface area contributed by atoms with Crippen molar-refractivity contribution in [2.75, 3.05) is 11.9 Å². The van der Waals surface area contributed by atoms with Crippen molar-refractivity contribution >= 4 is 16.9 Å². The Balaban J connectivity index is 1.41. The molecule has 4 atom stereocenters. The van der Waals surface area contributed by atoms with Gasteiger partial charge in [-0.3, -0.25) is 4.98 Å². The van der Waals surface area contributed by atoms with Crippen molar-refractivity contribution in [2.24, 2.45) is 0 Å². The largest absolute Gasteiger partial charge is 0.507 e. The van der Waals surface area contributed by atoms with Crippen LogP contribution in [-0.4, -0.2) is 61.6 Å². The van der Waals surface area contributed by atoms with E-state index in [0.29, 0.717) is 28.5 Å². The summed E-state index contributed by atoms with van der Waals surface area (Å²) in [4.78, 5) is 14.9. The molecule has 156 valence electrons. The third kappa shape index (κ3) is 3.32. The highest BCUT2D eigenvalue weighted by Gasteiger charge is 2.42. The van der Waals surface area contributed by atoms with Crippen molar-refractivity contribution in [1.82, 2.24) is 30.5 Å². The first-order chi connectivity index (χ1) is 14.5. The highest BCUT2D eigenvalue weighted by Crippen LogP contribution is 2.33. The van der Waals surface area contributed by atoms with Crippen molar-refractivity contribution in [3.63, 3.8) is 0 Å². The van der Waals surface area contributed by atoms with Crippen LogP contribution in [0.4, 0.5) is 10.2 Å². The number of anilines is 1. The van der Waals surface area contributed by atoms with Gasteiger partial charge in [-0.05, 0) is 32.3 Å². The van der Waals surface area contributed by atoms with E-state index < -0.39 is 6.17 Å². The lowest BCUT2D eigenvalue weighted by Gasteiger charge is -2.45. The lowest BCUT2D eigenvalue weighted by atomic mass is 9.82. The number of nitrogens with zero attached hydrogens (tertiary/aromatic N) is 6. The minimum absolute atomic E-state index is 0.0142. The Morgan fingerprint density at radius 1 is 1.13 bits per heavy atom. The van der Waals surface area contributed by atoms with Crippen LogP contribution < -0.4 is 10.2 Å². The first-order valence-corrected chi connectivity index (χ1v) is 10.3. The second-order valence-electron chi connectivity index (χ2n) is 8.27. The lowest BCUT2D eigenvalue weighted by Crippen LogP contribution is -2.61. The van der Waals surface area contributed by atoms with Gasteiger partial charge in [0, 0.05) is 31.4 Å². The van der Waals surface area contributed by atoms with E-state index >= 15 is 4.39 Å². The van der Waals surface area contributed by atoms with Gasteiger partial charge >= 0.3 is 0 Å². The number of alkyl halides is 1. The summed E-state index contributed by atoms with van der Waals surface area (Å²) < 4.78 is 15.0. The van der Waals surface area contributed by atoms with Gasteiger partial charge in [0.2, 0.25) is 0 Å². The Labute approximate surface area is 173 Å². The Kier molecular flexibility index (Phi) is 4.69. The fraction of sp³-hybridized carbons (Fsp3) is 0.476. The van der Waals surface area contributed by atoms with Gasteiger partial charge < -0.3 is 15.3 Å². The van der Waals surface area contributed by atoms with E-state index in [1.54, 1.807) is 24.5 Å². The van der Waals surface area contributed by atoms with Crippen LogP contribution in [0.2, 0.25) is 0 Å². The number of fused-ring (bicyclic) bond motifs is 3. The number of phenols is 1. The molecule has 2 aliphatic rings. The summed E-state index contributed by atoms with van der Waals surface area (Å²) in [5.41, 5.74) is 2.45. The first kappa shape index (κ1) is 19.0. The smallest absolute Gasteiger partial charge is 0.185 e. The van der Waals surface area contributed by atoms with E-state index in [-0.39, 0.29) is 23.7 Å². The molecule has 3 aromatic rings. The number of piperidine rings is 2. The van der Waals surface area contributed by atoms with Crippen LogP contribution in [0.5, 0.6) is 5.75 Å². The molecule has 0 spiro atoms. The minimum Gasteiger partial charge on any atom is -0.507 e. The van der Waals surface area contributed by atoms with Gasteiger partial charge in [0.25, 0.3) is 0 Å². The Morgan fingerprint density at radius 3 is 2.80 bits per heavy atom. The van der Waals surface area contributed by atoms with Crippen LogP contribution in [0, 0.1) is 6.92 Å². The van der Waals surface area contributed by atoms with Gasteiger partial charge in [-0.1, -0.05) is 6.42 Å². The monoisotopic (exact) mass is 409 g/mol. The number of aromatic hydroxyl groups is 1. The zero-order chi connectivity index (χ0) is 20.8. The van der Waals surface area contributed by atoms with Crippen molar-refractivity contribution in [3.05, 3.63) is 30.2 Å². The summed E-state index contributed by atoms with van der Waals surface area (Å²) in [6.07, 6.45) is 6.06. The normalized spacial score (nSPS) is 26.0. The molecule has 5 rings (SSSR count). The number of hydrogen-bond donors (Lipinski definition) is 2. The minimum atomic E-state index is -0.959. The molecule has 4 heterocycles. The van der Waals surface area contributed by atoms with Crippen LogP contribution in [0.25, 0.3) is 22.4 Å². The van der Waals surface area contributed by atoms with Crippen molar-refractivity contribution < 1.29 is 9.50 Å². The molecular weight excluding hydrogens is 385 g/mol. The summed E-state index contributed by atoms with van der Waals surface area (Å²) >= 11 is 0. The second kappa shape index (κ2) is 7.39. The molecule has 2 bridgehead atoms. The molecule has 2 fully saturated rings. The summed E-state index contributed by atoms with van der Waals surface area (Å²) in [5.74, 6) is 0.815. The predicted octanol–water partition coefficient (Wildman–Crippen LogP) is 2.55. The quantitative estimate of drug-likeness (QED) is 0.681. The average molecular weight is 409 g/mol. The van der Waals surface area contributed by atoms with Gasteiger partial charge in [0.15, 0.2) is 11.6 Å². The highest BCUT2D eigenvalue weighted by atomic mass is 19.1. The third-order valence-electron chi connectivity index (χ3n) is 6.22. The fourth-order valence-electron chi connectivity index (χ4n) is 4.60. The van der Waals surface area contributed by atoms with E-state index in [1.807, 2.05) is 18.9 Å². The molecule has 0 aliphatic carbocycles. The van der Waals surface area contributed by atoms with E-state index in [0.717, 1.165) is 31.4 Å². The van der Waals surface area contributed by atoms with Crippen molar-refractivity contribution in [3.8, 4) is 17.1 Å². The summed E-state index contributed by atoms with van der Waals surface area (Å²) in [6.45, 7) is 1.84. The number of aryl methyl sites for hydroxylation is 1. The molecule has 2 N–H and O–H groups in total. The molecule has 2 saturated heterocycles. The van der Waals surface area contributed by atoms with Crippen LogP contribution in [-0.2, 0) is 0 Å². The zero-order valence-corrected chi connectivity index (χ0v) is 17.0. The number of rotatable bonds is 3. The Morgan fingerprint density at radius 2 is 2.00 bits per heavy atom. The van der Waals surface area contributed by atoms with Crippen LogP contribution in [0.15, 0.2) is 24.5 Å². The fourth-order valence-corrected chi connectivity index (χ4v) is 4.60. The molecule has 0 radical (unpaired) electrons. The molecule has 30 heavy (non-hydrogen) atoms. The van der Waals surface area contributed by atoms with Crippen molar-refractivity contribution in [2.45, 2.75) is 56.9 Å². The number of benzene rings is 1. The topological polar surface area (TPSA) is 100.0 Å². The van der Waals surface area contributed by atoms with Crippen LogP contribution in [0.1, 0.15) is 31.4 Å². The number of aromatic nitrogens is 5. The number of hydrogen-bond acceptors (Lipinski definition) is 8. The van der Waals surface area contributed by atoms with Crippen molar-refractivity contribution in [1.29, 1.82) is 0 Å². The maximum absolute atomic E-state index is 15.0. The van der Waals surface area contributed by atoms with Gasteiger partial charge in [-0.25, -0.2) is 14.4 Å². The summed E-state index contributed by atoms with van der Waals surface area (Å²) in [6, 6.07) is 3.25. The third-order valence-corrected chi connectivity index (χ3v) is 6.22. The Hall–Kier alpha value is -2.94. The number of halogens is 1. The van der Waals surface area contributed by atoms with E-state index in [2.05, 4.69) is 30.5 Å². The average Bonchev–Trinajstić information content (AvgIpc) is 2.76. The SMILES string of the molecule is Cc1cnc2cc(-c3ncc(N(C)[C@H]4CC5CCCC(N5)[C@H]4F)nn3)c(O)cc2n1. The molecule has 2 unspecified atom stereocenters. The molecule has 9 heteroatoms. The maximum atomic E-state index is 15.0. The molecule has 2 aliphatic heterocycles. The highest BCUT2D eigenvalue weighted by molar-refractivity contribution is 5.83. The standard InChI is InChI=1S/C21H24FN7O/c1-11-9-23-15-7-13(18(30)8-16(15)25-11)21-24-10-19(27-28-21)29(2)17-6-12-4-3-5-14(26-12)20(17)22/h7-10,12,14,17,20,26,30H,3-6H2,1-2H3/t12?,14?,17-,20+/m0/s1. The molecule has 8 nitrogen and oxygen atoms in total. The van der Waals surface area contributed by atoms with Crippen LogP contribution >= 0.6 is 0 Å². The maximum Gasteiger partial charge on any atom is 0.185 e. The molecule has 0 saturated carbocycles. The van der Waals surface area contributed by atoms with Crippen LogP contribution in [0.3, 0.4) is 0 Å². The summed E-state index contributed by atoms with van der Waals surface area (Å²) in [5, 5.41) is 22.3. The Bertz CT molecular complexity index is 1080. The summed E-state index contributed by atoms with van der Waals surface area (Å²) in [7, 11) is 1.84. The number of nitrogens with one attached hydrogen (secondary N) is 1. The predicted molar refractivity (Wildman–Crippen MR) is 111 cm³/mol. The molecule has 0 amide bonds. The second-order valence-corrected chi connectivity index (χ2v) is 8.27. The zero-order valence-electron chi connectivity index (χ0n) is 17.0. The van der Waals surface area contributed by atoms with Gasteiger partial charge in [0.05, 0.1) is 34.5 Å². The van der Waals surface area contributed by atoms with E-state index in [4.69, 9.17) is 0 Å².